The number of methoxy groups -OCH3 is 1. The molecule has 4 rings (SSSR count). The Morgan fingerprint density at radius 1 is 1.12 bits per heavy atom. The van der Waals surface area contributed by atoms with E-state index in [-0.39, 0.29) is 12.4 Å². The summed E-state index contributed by atoms with van der Waals surface area (Å²) in [6, 6.07) is 18.1. The van der Waals surface area contributed by atoms with E-state index in [1.165, 1.54) is 19.2 Å². The lowest BCUT2D eigenvalue weighted by Crippen LogP contribution is -2.29. The number of rotatable bonds is 6. The Morgan fingerprint density at radius 3 is 2.59 bits per heavy atom. The molecule has 0 N–H and O–H groups in total. The summed E-state index contributed by atoms with van der Waals surface area (Å²) in [6.45, 7) is 1.82. The van der Waals surface area contributed by atoms with Gasteiger partial charge in [0.1, 0.15) is 12.4 Å². The summed E-state index contributed by atoms with van der Waals surface area (Å²) in [5.74, 6) is -0.471. The van der Waals surface area contributed by atoms with Crippen molar-refractivity contribution in [1.82, 2.24) is 5.01 Å². The van der Waals surface area contributed by atoms with Gasteiger partial charge in [0.2, 0.25) is 0 Å². The Labute approximate surface area is 204 Å². The molecule has 0 radical (unpaired) electrons. The molecule has 6 nitrogen and oxygen atoms in total. The number of imide groups is 1. The average Bonchev–Trinajstić information content (AvgIpc) is 3.11. The number of halogens is 2. The molecule has 1 aliphatic heterocycles. The van der Waals surface area contributed by atoms with Gasteiger partial charge in [-0.25, -0.2) is 4.39 Å². The lowest BCUT2D eigenvalue weighted by Gasteiger charge is -2.14. The Balaban J connectivity index is 1.58. The molecule has 2 amide bonds. The quantitative estimate of drug-likeness (QED) is 0.311. The molecule has 0 atom stereocenters. The second-order valence-corrected chi connectivity index (χ2v) is 8.34. The first-order chi connectivity index (χ1) is 16.4. The van der Waals surface area contributed by atoms with Gasteiger partial charge in [-0.2, -0.15) is 10.1 Å². The van der Waals surface area contributed by atoms with Crippen molar-refractivity contribution in [2.75, 3.05) is 7.11 Å². The van der Waals surface area contributed by atoms with Gasteiger partial charge >= 0.3 is 0 Å². The minimum absolute atomic E-state index is 0.147. The number of carbonyl (C=O) groups excluding carboxylic acids is 2. The second kappa shape index (κ2) is 10.0. The van der Waals surface area contributed by atoms with E-state index in [2.05, 4.69) is 21.0 Å². The number of hydrazone groups is 1. The number of carbonyl (C=O) groups is 2. The fourth-order valence-electron chi connectivity index (χ4n) is 3.44. The van der Waals surface area contributed by atoms with Crippen LogP contribution in [0.2, 0.25) is 0 Å². The van der Waals surface area contributed by atoms with Gasteiger partial charge in [-0.3, -0.25) is 9.59 Å². The number of hydrogen-bond donors (Lipinski definition) is 0. The van der Waals surface area contributed by atoms with Crippen molar-refractivity contribution < 1.29 is 23.5 Å². The summed E-state index contributed by atoms with van der Waals surface area (Å²) in [4.78, 5) is 25.7. The van der Waals surface area contributed by atoms with Crippen LogP contribution in [-0.2, 0) is 11.4 Å². The highest BCUT2D eigenvalue weighted by molar-refractivity contribution is 9.10. The van der Waals surface area contributed by atoms with E-state index in [4.69, 9.17) is 9.47 Å². The summed E-state index contributed by atoms with van der Waals surface area (Å²) in [5, 5.41) is 5.03. The molecule has 1 aliphatic rings. The summed E-state index contributed by atoms with van der Waals surface area (Å²) in [5.41, 5.74) is 2.42. The van der Waals surface area contributed by atoms with E-state index in [1.807, 2.05) is 0 Å². The third-order valence-electron chi connectivity index (χ3n) is 5.11. The van der Waals surface area contributed by atoms with Crippen molar-refractivity contribution >= 4 is 39.5 Å². The first-order valence-electron chi connectivity index (χ1n) is 10.3. The fourth-order valence-corrected chi connectivity index (χ4v) is 4.01. The van der Waals surface area contributed by atoms with Crippen LogP contribution in [0.3, 0.4) is 0 Å². The van der Waals surface area contributed by atoms with Gasteiger partial charge in [0.05, 0.1) is 22.9 Å². The zero-order valence-corrected chi connectivity index (χ0v) is 20.0. The minimum atomic E-state index is -0.507. The molecule has 0 aliphatic carbocycles. The predicted octanol–water partition coefficient (Wildman–Crippen LogP) is 5.62. The summed E-state index contributed by atoms with van der Waals surface area (Å²) in [6.07, 6.45) is 1.64. The lowest BCUT2D eigenvalue weighted by molar-refractivity contribution is -0.123. The maximum absolute atomic E-state index is 13.4. The van der Waals surface area contributed by atoms with Gasteiger partial charge < -0.3 is 9.47 Å². The van der Waals surface area contributed by atoms with Gasteiger partial charge in [-0.1, -0.05) is 30.3 Å². The molecule has 0 saturated carbocycles. The van der Waals surface area contributed by atoms with Crippen molar-refractivity contribution in [3.05, 3.63) is 99.3 Å². The third-order valence-corrected chi connectivity index (χ3v) is 5.70. The van der Waals surface area contributed by atoms with Crippen LogP contribution < -0.4 is 9.47 Å². The van der Waals surface area contributed by atoms with E-state index in [0.717, 1.165) is 5.01 Å². The fraction of sp³-hybridized carbons (Fsp3) is 0.115. The number of ether oxygens (including phenoxy) is 2. The number of hydrogen-bond acceptors (Lipinski definition) is 5. The Morgan fingerprint density at radius 2 is 1.88 bits per heavy atom. The summed E-state index contributed by atoms with van der Waals surface area (Å²) >= 11 is 3.48. The monoisotopic (exact) mass is 522 g/mol. The molecular weight excluding hydrogens is 503 g/mol. The zero-order chi connectivity index (χ0) is 24.2. The van der Waals surface area contributed by atoms with Gasteiger partial charge in [0.25, 0.3) is 11.8 Å². The molecule has 34 heavy (non-hydrogen) atoms. The lowest BCUT2D eigenvalue weighted by atomic mass is 10.1. The van der Waals surface area contributed by atoms with Crippen LogP contribution in [0.15, 0.2) is 81.9 Å². The van der Waals surface area contributed by atoms with Gasteiger partial charge in [0.15, 0.2) is 11.5 Å². The van der Waals surface area contributed by atoms with E-state index < -0.39 is 11.8 Å². The third kappa shape index (κ3) is 4.92. The van der Waals surface area contributed by atoms with Crippen LogP contribution in [0.4, 0.5) is 4.39 Å². The standard InChI is InChI=1S/C26H20BrFN2O4/c1-16-21(26(32)30(29-16)25(31)19-8-4-3-5-9-19)12-18-13-22(27)24(23(14-18)33-2)34-15-17-7-6-10-20(28)11-17/h3-14H,15H2,1-2H3/b21-12+. The zero-order valence-electron chi connectivity index (χ0n) is 18.4. The number of benzene rings is 3. The Hall–Kier alpha value is -3.78. The minimum Gasteiger partial charge on any atom is -0.493 e. The number of amides is 2. The summed E-state index contributed by atoms with van der Waals surface area (Å²) < 4.78 is 25.4. The van der Waals surface area contributed by atoms with Crippen molar-refractivity contribution in [3.63, 3.8) is 0 Å². The highest BCUT2D eigenvalue weighted by Gasteiger charge is 2.33. The second-order valence-electron chi connectivity index (χ2n) is 7.48. The van der Waals surface area contributed by atoms with E-state index in [1.54, 1.807) is 67.6 Å². The van der Waals surface area contributed by atoms with Crippen molar-refractivity contribution in [1.29, 1.82) is 0 Å². The topological polar surface area (TPSA) is 68.2 Å². The highest BCUT2D eigenvalue weighted by Crippen LogP contribution is 2.38. The van der Waals surface area contributed by atoms with Crippen LogP contribution in [0, 0.1) is 5.82 Å². The van der Waals surface area contributed by atoms with Crippen LogP contribution in [0.5, 0.6) is 11.5 Å². The molecule has 0 saturated heterocycles. The molecule has 1 heterocycles. The van der Waals surface area contributed by atoms with E-state index in [9.17, 15) is 14.0 Å². The Kier molecular flexibility index (Phi) is 6.88. The first-order valence-corrected chi connectivity index (χ1v) is 11.1. The largest absolute Gasteiger partial charge is 0.493 e. The molecule has 0 bridgehead atoms. The van der Waals surface area contributed by atoms with Crippen molar-refractivity contribution in [2.24, 2.45) is 5.10 Å². The van der Waals surface area contributed by atoms with E-state index >= 15 is 0 Å². The van der Waals surface area contributed by atoms with Gasteiger partial charge in [0, 0.05) is 5.56 Å². The molecule has 0 spiro atoms. The van der Waals surface area contributed by atoms with Crippen LogP contribution in [0.25, 0.3) is 6.08 Å². The highest BCUT2D eigenvalue weighted by atomic mass is 79.9. The molecule has 172 valence electrons. The van der Waals surface area contributed by atoms with Crippen LogP contribution in [-0.4, -0.2) is 29.6 Å². The molecule has 3 aromatic rings. The molecule has 0 aromatic heterocycles. The normalized spacial score (nSPS) is 14.4. The molecule has 0 unspecified atom stereocenters. The van der Waals surface area contributed by atoms with Crippen LogP contribution in [0.1, 0.15) is 28.4 Å². The Bertz CT molecular complexity index is 1320. The van der Waals surface area contributed by atoms with Crippen molar-refractivity contribution in [2.45, 2.75) is 13.5 Å². The van der Waals surface area contributed by atoms with Gasteiger partial charge in [-0.05, 0) is 76.5 Å². The maximum Gasteiger partial charge on any atom is 0.283 e. The van der Waals surface area contributed by atoms with E-state index in [0.29, 0.717) is 43.9 Å². The number of nitrogens with zero attached hydrogens (tertiary/aromatic N) is 2. The SMILES string of the molecule is COc1cc(/C=C2/C(=O)N(C(=O)c3ccccc3)N=C2C)cc(Br)c1OCc1cccc(F)c1. The van der Waals surface area contributed by atoms with Crippen LogP contribution >= 0.6 is 15.9 Å². The average molecular weight is 523 g/mol. The smallest absolute Gasteiger partial charge is 0.283 e. The predicted molar refractivity (Wildman–Crippen MR) is 130 cm³/mol. The maximum atomic E-state index is 13.4. The molecule has 3 aromatic carbocycles. The summed E-state index contributed by atoms with van der Waals surface area (Å²) in [7, 11) is 1.50. The first kappa shape index (κ1) is 23.4. The molecule has 8 heteroatoms. The molecule has 0 fully saturated rings. The van der Waals surface area contributed by atoms with Gasteiger partial charge in [-0.15, -0.1) is 0 Å². The molecular formula is C26H20BrFN2O4. The van der Waals surface area contributed by atoms with Crippen molar-refractivity contribution in [3.8, 4) is 11.5 Å².